The topological polar surface area (TPSA) is 26.3 Å². The van der Waals surface area contributed by atoms with E-state index in [-0.39, 0.29) is 11.8 Å². The molecule has 5 heteroatoms. The number of carbonyl (C=O) groups is 1. The molecule has 0 aliphatic rings. The van der Waals surface area contributed by atoms with Crippen LogP contribution in [0.3, 0.4) is 0 Å². The molecule has 0 bridgehead atoms. The van der Waals surface area contributed by atoms with Gasteiger partial charge >= 0.3 is 5.97 Å². The summed E-state index contributed by atoms with van der Waals surface area (Å²) in [7, 11) is 0. The highest BCUT2D eigenvalue weighted by Gasteiger charge is 2.15. The molecule has 0 atom stereocenters. The van der Waals surface area contributed by atoms with E-state index in [0.717, 1.165) is 14.5 Å². The summed E-state index contributed by atoms with van der Waals surface area (Å²) in [5.41, 5.74) is 1.24. The molecule has 0 aliphatic heterocycles. The second-order valence-corrected chi connectivity index (χ2v) is 4.81. The summed E-state index contributed by atoms with van der Waals surface area (Å²) < 4.78 is 6.55. The Labute approximate surface area is 110 Å². The summed E-state index contributed by atoms with van der Waals surface area (Å²) in [5, 5.41) is 0. The Hall–Kier alpha value is -0.0600. The van der Waals surface area contributed by atoms with Crippen molar-refractivity contribution >= 4 is 49.4 Å². The first-order valence-corrected chi connectivity index (χ1v) is 6.43. The molecule has 0 spiro atoms. The molecule has 0 unspecified atom stereocenters. The van der Waals surface area contributed by atoms with Crippen molar-refractivity contribution in [2.24, 2.45) is 0 Å². The van der Waals surface area contributed by atoms with Gasteiger partial charge in [-0.05, 0) is 24.6 Å². The zero-order valence-corrected chi connectivity index (χ0v) is 11.9. The molecule has 15 heavy (non-hydrogen) atoms. The molecule has 1 rings (SSSR count). The quantitative estimate of drug-likeness (QED) is 0.601. The minimum atomic E-state index is -0.352. The van der Waals surface area contributed by atoms with Gasteiger partial charge in [0.15, 0.2) is 0 Å². The highest BCUT2D eigenvalue weighted by Crippen LogP contribution is 2.28. The molecule has 0 aliphatic carbocycles. The smallest absolute Gasteiger partial charge is 0.338 e. The van der Waals surface area contributed by atoms with Gasteiger partial charge in [-0.3, -0.25) is 0 Å². The molecular formula is C10H9Br2ClO2. The number of ether oxygens (including phenoxy) is 1. The third-order valence-electron chi connectivity index (χ3n) is 1.79. The van der Waals surface area contributed by atoms with Crippen LogP contribution in [0.4, 0.5) is 0 Å². The van der Waals surface area contributed by atoms with Crippen LogP contribution in [0.5, 0.6) is 0 Å². The zero-order valence-electron chi connectivity index (χ0n) is 8.02. The monoisotopic (exact) mass is 354 g/mol. The second kappa shape index (κ2) is 5.87. The predicted octanol–water partition coefficient (Wildman–Crippen LogP) is 4.13. The number of alkyl halides is 1. The zero-order chi connectivity index (χ0) is 11.4. The molecule has 0 saturated heterocycles. The number of rotatable bonds is 3. The number of hydrogen-bond acceptors (Lipinski definition) is 2. The van der Waals surface area contributed by atoms with E-state index in [9.17, 15) is 4.79 Å². The summed E-state index contributed by atoms with van der Waals surface area (Å²) in [6, 6.07) is 3.56. The minimum Gasteiger partial charge on any atom is -0.462 e. The lowest BCUT2D eigenvalue weighted by atomic mass is 10.1. The maximum atomic E-state index is 11.6. The summed E-state index contributed by atoms with van der Waals surface area (Å²) in [6.07, 6.45) is 0. The fourth-order valence-electron chi connectivity index (χ4n) is 1.13. The number of halogens is 3. The summed E-state index contributed by atoms with van der Waals surface area (Å²) in [6.45, 7) is 2.12. The van der Waals surface area contributed by atoms with Crippen molar-refractivity contribution in [1.29, 1.82) is 0 Å². The molecule has 0 amide bonds. The van der Waals surface area contributed by atoms with E-state index in [0.29, 0.717) is 12.2 Å². The van der Waals surface area contributed by atoms with Gasteiger partial charge in [0, 0.05) is 14.8 Å². The van der Waals surface area contributed by atoms with Crippen molar-refractivity contribution in [2.45, 2.75) is 12.8 Å². The van der Waals surface area contributed by atoms with E-state index in [1.807, 2.05) is 6.07 Å². The van der Waals surface area contributed by atoms with Crippen LogP contribution in [0.15, 0.2) is 21.1 Å². The molecule has 1 aromatic carbocycles. The first-order chi connectivity index (χ1) is 7.10. The SMILES string of the molecule is CCOC(=O)c1cc(Br)cc(Br)c1CCl. The average molecular weight is 356 g/mol. The largest absolute Gasteiger partial charge is 0.462 e. The van der Waals surface area contributed by atoms with Gasteiger partial charge in [0.25, 0.3) is 0 Å². The number of carbonyl (C=O) groups excluding carboxylic acids is 1. The van der Waals surface area contributed by atoms with Crippen LogP contribution in [0, 0.1) is 0 Å². The molecule has 82 valence electrons. The van der Waals surface area contributed by atoms with Gasteiger partial charge in [-0.2, -0.15) is 0 Å². The van der Waals surface area contributed by atoms with Gasteiger partial charge < -0.3 is 4.74 Å². The van der Waals surface area contributed by atoms with Crippen molar-refractivity contribution in [3.63, 3.8) is 0 Å². The fraction of sp³-hybridized carbons (Fsp3) is 0.300. The highest BCUT2D eigenvalue weighted by molar-refractivity contribution is 9.11. The van der Waals surface area contributed by atoms with Crippen LogP contribution in [0.25, 0.3) is 0 Å². The van der Waals surface area contributed by atoms with Gasteiger partial charge in [0.2, 0.25) is 0 Å². The molecule has 2 nitrogen and oxygen atoms in total. The van der Waals surface area contributed by atoms with E-state index in [2.05, 4.69) is 31.9 Å². The maximum Gasteiger partial charge on any atom is 0.338 e. The van der Waals surface area contributed by atoms with Crippen LogP contribution in [0.1, 0.15) is 22.8 Å². The van der Waals surface area contributed by atoms with Gasteiger partial charge in [-0.25, -0.2) is 4.79 Å². The lowest BCUT2D eigenvalue weighted by Gasteiger charge is -2.09. The predicted molar refractivity (Wildman–Crippen MR) is 67.4 cm³/mol. The van der Waals surface area contributed by atoms with Gasteiger partial charge in [0.1, 0.15) is 0 Å². The molecule has 0 fully saturated rings. The molecule has 0 saturated carbocycles. The molecule has 0 radical (unpaired) electrons. The molecule has 0 N–H and O–H groups in total. The maximum absolute atomic E-state index is 11.6. The Morgan fingerprint density at radius 2 is 2.13 bits per heavy atom. The lowest BCUT2D eigenvalue weighted by Crippen LogP contribution is -2.08. The van der Waals surface area contributed by atoms with Crippen molar-refractivity contribution in [1.82, 2.24) is 0 Å². The first-order valence-electron chi connectivity index (χ1n) is 4.31. The van der Waals surface area contributed by atoms with Crippen molar-refractivity contribution in [3.05, 3.63) is 32.2 Å². The summed E-state index contributed by atoms with van der Waals surface area (Å²) >= 11 is 12.5. The molecule has 1 aromatic rings. The van der Waals surface area contributed by atoms with E-state index in [1.165, 1.54) is 0 Å². The number of hydrogen-bond donors (Lipinski definition) is 0. The molecule has 0 aromatic heterocycles. The van der Waals surface area contributed by atoms with E-state index < -0.39 is 0 Å². The third kappa shape index (κ3) is 3.20. The Balaban J connectivity index is 3.20. The van der Waals surface area contributed by atoms with Crippen LogP contribution in [0.2, 0.25) is 0 Å². The van der Waals surface area contributed by atoms with Crippen molar-refractivity contribution in [3.8, 4) is 0 Å². The Morgan fingerprint density at radius 1 is 1.47 bits per heavy atom. The summed E-state index contributed by atoms with van der Waals surface area (Å²) in [4.78, 5) is 11.6. The van der Waals surface area contributed by atoms with Crippen LogP contribution in [-0.2, 0) is 10.6 Å². The van der Waals surface area contributed by atoms with E-state index >= 15 is 0 Å². The summed E-state index contributed by atoms with van der Waals surface area (Å²) in [5.74, 6) is -0.0858. The number of esters is 1. The highest BCUT2D eigenvalue weighted by atomic mass is 79.9. The Bertz CT molecular complexity index is 380. The van der Waals surface area contributed by atoms with Gasteiger partial charge in [-0.1, -0.05) is 31.9 Å². The fourth-order valence-corrected chi connectivity index (χ4v) is 2.95. The number of benzene rings is 1. The third-order valence-corrected chi connectivity index (χ3v) is 3.22. The average Bonchev–Trinajstić information content (AvgIpc) is 2.17. The molecular weight excluding hydrogens is 347 g/mol. The van der Waals surface area contributed by atoms with Crippen LogP contribution in [-0.4, -0.2) is 12.6 Å². The van der Waals surface area contributed by atoms with Gasteiger partial charge in [0.05, 0.1) is 12.2 Å². The molecule has 0 heterocycles. The first kappa shape index (κ1) is 13.0. The van der Waals surface area contributed by atoms with E-state index in [4.69, 9.17) is 16.3 Å². The Kier molecular flexibility index (Phi) is 5.09. The lowest BCUT2D eigenvalue weighted by molar-refractivity contribution is 0.0525. The standard InChI is InChI=1S/C10H9Br2ClO2/c1-2-15-10(14)7-3-6(11)4-9(12)8(7)5-13/h3-4H,2,5H2,1H3. The van der Waals surface area contributed by atoms with E-state index in [1.54, 1.807) is 13.0 Å². The minimum absolute atomic E-state index is 0.266. The van der Waals surface area contributed by atoms with Crippen LogP contribution < -0.4 is 0 Å². The second-order valence-electron chi connectivity index (χ2n) is 2.77. The van der Waals surface area contributed by atoms with Crippen LogP contribution >= 0.6 is 43.5 Å². The van der Waals surface area contributed by atoms with Crippen molar-refractivity contribution in [2.75, 3.05) is 6.61 Å². The normalized spacial score (nSPS) is 10.1. The van der Waals surface area contributed by atoms with Gasteiger partial charge in [-0.15, -0.1) is 11.6 Å². The Morgan fingerprint density at radius 3 is 2.67 bits per heavy atom. The van der Waals surface area contributed by atoms with Crippen molar-refractivity contribution < 1.29 is 9.53 Å².